The molecule has 0 bridgehead atoms. The van der Waals surface area contributed by atoms with Crippen molar-refractivity contribution in [1.82, 2.24) is 0 Å². The molecule has 0 amide bonds. The first-order valence-electron chi connectivity index (χ1n) is 5.52. The molecule has 100 valence electrons. The van der Waals surface area contributed by atoms with Gasteiger partial charge in [0.05, 0.1) is 12.2 Å². The number of carbonyl (C=O) groups is 1. The Morgan fingerprint density at radius 2 is 1.67 bits per heavy atom. The number of ether oxygens (including phenoxy) is 1. The maximum atomic E-state index is 12.9. The van der Waals surface area contributed by atoms with Gasteiger partial charge in [0.15, 0.2) is 17.5 Å². The first-order valence-corrected chi connectivity index (χ1v) is 5.52. The van der Waals surface area contributed by atoms with Crippen LogP contribution in [-0.2, 0) is 4.74 Å². The van der Waals surface area contributed by atoms with Crippen LogP contribution in [-0.4, -0.2) is 12.6 Å². The highest BCUT2D eigenvalue weighted by molar-refractivity contribution is 5.89. The first-order chi connectivity index (χ1) is 8.20. The summed E-state index contributed by atoms with van der Waals surface area (Å²) in [6.45, 7) is 6.05. The van der Waals surface area contributed by atoms with E-state index in [0.29, 0.717) is 18.6 Å². The lowest BCUT2D eigenvalue weighted by Gasteiger charge is -2.17. The zero-order valence-electron chi connectivity index (χ0n) is 10.5. The third-order valence-corrected chi connectivity index (χ3v) is 2.30. The van der Waals surface area contributed by atoms with Gasteiger partial charge in [0.25, 0.3) is 0 Å². The van der Waals surface area contributed by atoms with E-state index in [9.17, 15) is 18.0 Å². The van der Waals surface area contributed by atoms with Gasteiger partial charge in [0.2, 0.25) is 0 Å². The first kappa shape index (κ1) is 14.5. The van der Waals surface area contributed by atoms with Crippen molar-refractivity contribution in [3.63, 3.8) is 0 Å². The van der Waals surface area contributed by atoms with Crippen LogP contribution in [0.5, 0.6) is 0 Å². The molecule has 0 N–H and O–H groups in total. The second-order valence-corrected chi connectivity index (χ2v) is 5.20. The number of hydrogen-bond acceptors (Lipinski definition) is 2. The summed E-state index contributed by atoms with van der Waals surface area (Å²) in [6, 6.07) is 1.25. The van der Waals surface area contributed by atoms with Gasteiger partial charge in [-0.15, -0.1) is 0 Å². The van der Waals surface area contributed by atoms with Gasteiger partial charge in [-0.3, -0.25) is 0 Å². The topological polar surface area (TPSA) is 26.3 Å². The Balaban J connectivity index is 2.68. The molecule has 0 fully saturated rings. The Morgan fingerprint density at radius 3 is 2.11 bits per heavy atom. The summed E-state index contributed by atoms with van der Waals surface area (Å²) in [7, 11) is 0. The predicted molar refractivity (Wildman–Crippen MR) is 60.7 cm³/mol. The molecule has 0 aliphatic heterocycles. The van der Waals surface area contributed by atoms with Crippen molar-refractivity contribution in [2.45, 2.75) is 27.2 Å². The van der Waals surface area contributed by atoms with Crippen LogP contribution in [0.1, 0.15) is 37.6 Å². The normalized spacial score (nSPS) is 11.4. The van der Waals surface area contributed by atoms with Crippen molar-refractivity contribution < 1.29 is 22.7 Å². The summed E-state index contributed by atoms with van der Waals surface area (Å²) in [4.78, 5) is 11.5. The number of halogens is 3. The van der Waals surface area contributed by atoms with Crippen LogP contribution in [0.15, 0.2) is 12.1 Å². The quantitative estimate of drug-likeness (QED) is 0.612. The summed E-state index contributed by atoms with van der Waals surface area (Å²) in [6.07, 6.45) is 0.616. The summed E-state index contributed by atoms with van der Waals surface area (Å²) >= 11 is 0. The van der Waals surface area contributed by atoms with Crippen LogP contribution < -0.4 is 0 Å². The van der Waals surface area contributed by atoms with Crippen LogP contribution in [0, 0.1) is 22.9 Å². The number of carbonyl (C=O) groups excluding carboxylic acids is 1. The minimum Gasteiger partial charge on any atom is -0.462 e. The van der Waals surface area contributed by atoms with Crippen LogP contribution in [0.2, 0.25) is 0 Å². The van der Waals surface area contributed by atoms with E-state index in [0.717, 1.165) is 0 Å². The molecule has 0 aliphatic carbocycles. The van der Waals surface area contributed by atoms with Gasteiger partial charge in [-0.25, -0.2) is 18.0 Å². The van der Waals surface area contributed by atoms with Crippen molar-refractivity contribution in [3.05, 3.63) is 35.1 Å². The van der Waals surface area contributed by atoms with E-state index in [2.05, 4.69) is 0 Å². The average Bonchev–Trinajstić information content (AvgIpc) is 2.23. The van der Waals surface area contributed by atoms with E-state index in [1.807, 2.05) is 20.8 Å². The van der Waals surface area contributed by atoms with Crippen LogP contribution in [0.25, 0.3) is 0 Å². The Labute approximate surface area is 104 Å². The molecule has 5 heteroatoms. The zero-order chi connectivity index (χ0) is 13.9. The minimum absolute atomic E-state index is 0.0143. The van der Waals surface area contributed by atoms with Gasteiger partial charge in [0.1, 0.15) is 0 Å². The van der Waals surface area contributed by atoms with Crippen molar-refractivity contribution in [1.29, 1.82) is 0 Å². The molecular weight excluding hydrogens is 245 g/mol. The number of rotatable bonds is 3. The lowest BCUT2D eigenvalue weighted by atomic mass is 9.93. The maximum absolute atomic E-state index is 12.9. The lowest BCUT2D eigenvalue weighted by molar-refractivity contribution is 0.0463. The van der Waals surface area contributed by atoms with Gasteiger partial charge in [-0.2, -0.15) is 0 Å². The SMILES string of the molecule is CC(C)(C)CCOC(=O)c1cc(F)c(F)c(F)c1. The van der Waals surface area contributed by atoms with Crippen LogP contribution >= 0.6 is 0 Å². The molecule has 1 aromatic carbocycles. The molecule has 0 aromatic heterocycles. The van der Waals surface area contributed by atoms with E-state index >= 15 is 0 Å². The second-order valence-electron chi connectivity index (χ2n) is 5.20. The van der Waals surface area contributed by atoms with Gasteiger partial charge in [0, 0.05) is 0 Å². The van der Waals surface area contributed by atoms with Crippen LogP contribution in [0.3, 0.4) is 0 Å². The van der Waals surface area contributed by atoms with E-state index in [1.165, 1.54) is 0 Å². The molecule has 0 aliphatic rings. The second kappa shape index (κ2) is 5.42. The van der Waals surface area contributed by atoms with E-state index in [1.54, 1.807) is 0 Å². The molecule has 0 atom stereocenters. The summed E-state index contributed by atoms with van der Waals surface area (Å²) in [5.74, 6) is -5.27. The standard InChI is InChI=1S/C13H15F3O2/c1-13(2,3)4-5-18-12(17)8-6-9(14)11(16)10(15)7-8/h6-7H,4-5H2,1-3H3. The molecule has 1 aromatic rings. The fourth-order valence-corrected chi connectivity index (χ4v) is 1.21. The molecular formula is C13H15F3O2. The van der Waals surface area contributed by atoms with Crippen molar-refractivity contribution in [2.75, 3.05) is 6.61 Å². The highest BCUT2D eigenvalue weighted by atomic mass is 19.2. The highest BCUT2D eigenvalue weighted by Crippen LogP contribution is 2.19. The maximum Gasteiger partial charge on any atom is 0.338 e. The minimum atomic E-state index is -1.60. The summed E-state index contributed by atoms with van der Waals surface area (Å²) in [5, 5.41) is 0. The van der Waals surface area contributed by atoms with Crippen molar-refractivity contribution in [3.8, 4) is 0 Å². The molecule has 0 heterocycles. The fourth-order valence-electron chi connectivity index (χ4n) is 1.21. The smallest absolute Gasteiger partial charge is 0.338 e. The Hall–Kier alpha value is -1.52. The number of hydrogen-bond donors (Lipinski definition) is 0. The zero-order valence-corrected chi connectivity index (χ0v) is 10.5. The molecule has 2 nitrogen and oxygen atoms in total. The van der Waals surface area contributed by atoms with Gasteiger partial charge >= 0.3 is 5.97 Å². The molecule has 0 saturated heterocycles. The van der Waals surface area contributed by atoms with E-state index in [-0.39, 0.29) is 17.6 Å². The number of esters is 1. The Kier molecular flexibility index (Phi) is 4.38. The monoisotopic (exact) mass is 260 g/mol. The summed E-state index contributed by atoms with van der Waals surface area (Å²) < 4.78 is 43.3. The third-order valence-electron chi connectivity index (χ3n) is 2.30. The van der Waals surface area contributed by atoms with E-state index < -0.39 is 23.4 Å². The average molecular weight is 260 g/mol. The largest absolute Gasteiger partial charge is 0.462 e. The lowest BCUT2D eigenvalue weighted by Crippen LogP contribution is -2.14. The van der Waals surface area contributed by atoms with Gasteiger partial charge in [-0.1, -0.05) is 20.8 Å². The highest BCUT2D eigenvalue weighted by Gasteiger charge is 2.17. The molecule has 1 rings (SSSR count). The molecule has 0 spiro atoms. The summed E-state index contributed by atoms with van der Waals surface area (Å²) in [5.41, 5.74) is -0.347. The molecule has 0 saturated carbocycles. The third kappa shape index (κ3) is 4.05. The number of benzene rings is 1. The molecule has 0 radical (unpaired) electrons. The van der Waals surface area contributed by atoms with E-state index in [4.69, 9.17) is 4.74 Å². The Bertz CT molecular complexity index is 427. The molecule has 0 unspecified atom stereocenters. The fraction of sp³-hybridized carbons (Fsp3) is 0.462. The van der Waals surface area contributed by atoms with Crippen molar-refractivity contribution >= 4 is 5.97 Å². The Morgan fingerprint density at radius 1 is 1.17 bits per heavy atom. The predicted octanol–water partition coefficient (Wildman–Crippen LogP) is 3.70. The van der Waals surface area contributed by atoms with Crippen molar-refractivity contribution in [2.24, 2.45) is 5.41 Å². The van der Waals surface area contributed by atoms with Crippen LogP contribution in [0.4, 0.5) is 13.2 Å². The molecule has 18 heavy (non-hydrogen) atoms. The van der Waals surface area contributed by atoms with Gasteiger partial charge < -0.3 is 4.74 Å². The van der Waals surface area contributed by atoms with Gasteiger partial charge in [-0.05, 0) is 24.0 Å².